The molecule has 0 unspecified atom stereocenters. The molecule has 20 heavy (non-hydrogen) atoms. The lowest BCUT2D eigenvalue weighted by Gasteiger charge is -2.18. The van der Waals surface area contributed by atoms with Crippen molar-refractivity contribution >= 4 is 16.7 Å². The fourth-order valence-corrected chi connectivity index (χ4v) is 2.59. The molecule has 2 bridgehead atoms. The van der Waals surface area contributed by atoms with E-state index in [-0.39, 0.29) is 5.69 Å². The van der Waals surface area contributed by atoms with Crippen LogP contribution in [0.25, 0.3) is 11.0 Å². The van der Waals surface area contributed by atoms with Crippen molar-refractivity contribution in [1.82, 2.24) is 20.4 Å². The van der Waals surface area contributed by atoms with Gasteiger partial charge in [-0.2, -0.15) is 10.1 Å². The van der Waals surface area contributed by atoms with Gasteiger partial charge >= 0.3 is 5.69 Å². The molecule has 2 heterocycles. The van der Waals surface area contributed by atoms with Gasteiger partial charge in [0.2, 0.25) is 0 Å². The summed E-state index contributed by atoms with van der Waals surface area (Å²) in [4.78, 5) is 20.8. The van der Waals surface area contributed by atoms with E-state index in [2.05, 4.69) is 44.8 Å². The van der Waals surface area contributed by atoms with Crippen molar-refractivity contribution in [3.63, 3.8) is 0 Å². The van der Waals surface area contributed by atoms with Crippen LogP contribution in [0, 0.1) is 0 Å². The highest BCUT2D eigenvalue weighted by Crippen LogP contribution is 2.17. The number of H-pyrrole nitrogens is 1. The predicted molar refractivity (Wildman–Crippen MR) is 77.4 cm³/mol. The number of fused-ring (bicyclic) bond motifs is 4. The van der Waals surface area contributed by atoms with Crippen LogP contribution in [-0.4, -0.2) is 34.5 Å². The van der Waals surface area contributed by atoms with Crippen LogP contribution in [0.1, 0.15) is 19.4 Å². The number of hydrazine groups is 1. The van der Waals surface area contributed by atoms with Crippen molar-refractivity contribution in [3.8, 4) is 0 Å². The lowest BCUT2D eigenvalue weighted by atomic mass is 10.1. The summed E-state index contributed by atoms with van der Waals surface area (Å²) in [5.74, 6) is 0. The number of aromatic amines is 1. The summed E-state index contributed by atoms with van der Waals surface area (Å²) < 4.78 is 0. The van der Waals surface area contributed by atoms with E-state index in [4.69, 9.17) is 0 Å². The first-order valence-electron chi connectivity index (χ1n) is 6.89. The maximum absolute atomic E-state index is 11.6. The number of likely N-dealkylation sites (N-methyl/N-ethyl adjacent to an activating group) is 1. The van der Waals surface area contributed by atoms with Crippen LogP contribution in [0.4, 0.5) is 5.69 Å². The number of hydrogen-bond donors (Lipinski definition) is 3. The highest BCUT2D eigenvalue weighted by atomic mass is 16.1. The number of rotatable bonds is 5. The lowest BCUT2D eigenvalue weighted by Crippen LogP contribution is -2.27. The standard InChI is InChI=1S/C13H18N6O/c1-3-19(4-2)6-5-8-9-7-10-12(17-18-16-10)11(8)15-13(20)14-9/h7,16,18H,3-6H2,1-2H3,(H,14,15,20). The molecule has 0 radical (unpaired) electrons. The van der Waals surface area contributed by atoms with Gasteiger partial charge in [-0.05, 0) is 25.6 Å². The third-order valence-corrected chi connectivity index (χ3v) is 3.76. The smallest absolute Gasteiger partial charge is 0.306 e. The molecule has 0 fully saturated rings. The van der Waals surface area contributed by atoms with E-state index in [9.17, 15) is 4.79 Å². The van der Waals surface area contributed by atoms with Gasteiger partial charge in [-0.25, -0.2) is 10.3 Å². The highest BCUT2D eigenvalue weighted by molar-refractivity contribution is 5.76. The van der Waals surface area contributed by atoms with Crippen LogP contribution in [-0.2, 0) is 6.42 Å². The summed E-state index contributed by atoms with van der Waals surface area (Å²) >= 11 is 0. The minimum absolute atomic E-state index is 0.327. The number of aromatic nitrogens is 2. The highest BCUT2D eigenvalue weighted by Gasteiger charge is 2.16. The molecule has 2 aromatic rings. The topological polar surface area (TPSA) is 85.4 Å². The van der Waals surface area contributed by atoms with E-state index in [0.29, 0.717) is 5.52 Å². The van der Waals surface area contributed by atoms with Crippen molar-refractivity contribution in [3.05, 3.63) is 27.5 Å². The first-order chi connectivity index (χ1) is 9.72. The molecule has 0 atom stereocenters. The molecule has 0 saturated heterocycles. The van der Waals surface area contributed by atoms with Gasteiger partial charge in [0, 0.05) is 12.1 Å². The summed E-state index contributed by atoms with van der Waals surface area (Å²) in [7, 11) is 0. The van der Waals surface area contributed by atoms with Gasteiger partial charge in [-0.1, -0.05) is 13.8 Å². The maximum atomic E-state index is 11.6. The molecule has 7 nitrogen and oxygen atoms in total. The Labute approximate surface area is 116 Å². The molecule has 1 aromatic carbocycles. The monoisotopic (exact) mass is 274 g/mol. The van der Waals surface area contributed by atoms with Crippen molar-refractivity contribution in [1.29, 1.82) is 0 Å². The molecule has 1 aromatic heterocycles. The number of anilines is 1. The van der Waals surface area contributed by atoms with Crippen LogP contribution < -0.4 is 22.0 Å². The van der Waals surface area contributed by atoms with Gasteiger partial charge in [0.25, 0.3) is 0 Å². The Morgan fingerprint density at radius 1 is 1.30 bits per heavy atom. The van der Waals surface area contributed by atoms with E-state index < -0.39 is 0 Å². The van der Waals surface area contributed by atoms with E-state index >= 15 is 0 Å². The number of benzene rings is 1. The van der Waals surface area contributed by atoms with Gasteiger partial charge in [0.05, 0.1) is 11.2 Å². The lowest BCUT2D eigenvalue weighted by molar-refractivity contribution is 0.308. The van der Waals surface area contributed by atoms with Crippen LogP contribution in [0.2, 0.25) is 0 Å². The van der Waals surface area contributed by atoms with E-state index in [1.54, 1.807) is 0 Å². The van der Waals surface area contributed by atoms with E-state index in [1.807, 2.05) is 6.07 Å². The van der Waals surface area contributed by atoms with Crippen molar-refractivity contribution < 1.29 is 0 Å². The average molecular weight is 274 g/mol. The zero-order valence-electron chi connectivity index (χ0n) is 11.7. The predicted octanol–water partition coefficient (Wildman–Crippen LogP) is -0.00900. The zero-order valence-corrected chi connectivity index (χ0v) is 11.7. The van der Waals surface area contributed by atoms with Gasteiger partial charge in [-0.3, -0.25) is 5.43 Å². The van der Waals surface area contributed by atoms with Crippen LogP contribution in [0.3, 0.4) is 0 Å². The van der Waals surface area contributed by atoms with Crippen molar-refractivity contribution in [2.24, 2.45) is 5.10 Å². The average Bonchev–Trinajstić information content (AvgIpc) is 2.88. The normalized spacial score (nSPS) is 13.2. The fourth-order valence-electron chi connectivity index (χ4n) is 2.59. The molecule has 1 aliphatic rings. The van der Waals surface area contributed by atoms with Crippen LogP contribution in [0.15, 0.2) is 16.0 Å². The Kier molecular flexibility index (Phi) is 3.27. The second-order valence-corrected chi connectivity index (χ2v) is 4.81. The fraction of sp³-hybridized carbons (Fsp3) is 0.462. The molecule has 0 aliphatic carbocycles. The Morgan fingerprint density at radius 2 is 2.10 bits per heavy atom. The second kappa shape index (κ2) is 5.09. The minimum atomic E-state index is -0.327. The second-order valence-electron chi connectivity index (χ2n) is 4.81. The Morgan fingerprint density at radius 3 is 2.85 bits per heavy atom. The summed E-state index contributed by atoms with van der Waals surface area (Å²) in [6, 6.07) is 1.91. The Balaban J connectivity index is 2.05. The van der Waals surface area contributed by atoms with Gasteiger partial charge in [0.1, 0.15) is 10.9 Å². The third kappa shape index (κ3) is 2.09. The molecule has 106 valence electrons. The summed E-state index contributed by atoms with van der Waals surface area (Å²) in [5.41, 5.74) is 8.75. The SMILES string of the molecule is CCN(CC)CCc1c2cc3c(c1nc(=O)[nH]2)=NNN3. The Hall–Kier alpha value is -2.15. The van der Waals surface area contributed by atoms with E-state index in [1.165, 1.54) is 0 Å². The van der Waals surface area contributed by atoms with Crippen molar-refractivity contribution in [2.45, 2.75) is 20.3 Å². The number of nitrogens with zero attached hydrogens (tertiary/aromatic N) is 3. The van der Waals surface area contributed by atoms with Crippen molar-refractivity contribution in [2.75, 3.05) is 25.1 Å². The first-order valence-corrected chi connectivity index (χ1v) is 6.89. The third-order valence-electron chi connectivity index (χ3n) is 3.76. The van der Waals surface area contributed by atoms with Gasteiger partial charge in [-0.15, -0.1) is 0 Å². The minimum Gasteiger partial charge on any atom is -0.306 e. The molecule has 3 N–H and O–H groups in total. The van der Waals surface area contributed by atoms with Crippen LogP contribution in [0.5, 0.6) is 0 Å². The summed E-state index contributed by atoms with van der Waals surface area (Å²) in [6.45, 7) is 7.27. The molecular formula is C13H18N6O. The molecule has 3 rings (SSSR count). The zero-order chi connectivity index (χ0) is 14.1. The Bertz CT molecular complexity index is 733. The van der Waals surface area contributed by atoms with Gasteiger partial charge in [0.15, 0.2) is 0 Å². The largest absolute Gasteiger partial charge is 0.346 e. The molecular weight excluding hydrogens is 256 g/mol. The maximum Gasteiger partial charge on any atom is 0.346 e. The quantitative estimate of drug-likeness (QED) is 0.714. The molecule has 0 spiro atoms. The first kappa shape index (κ1) is 12.9. The van der Waals surface area contributed by atoms with Crippen LogP contribution >= 0.6 is 0 Å². The molecule has 0 saturated carbocycles. The van der Waals surface area contributed by atoms with E-state index in [0.717, 1.165) is 48.2 Å². The summed E-state index contributed by atoms with van der Waals surface area (Å²) in [5, 5.41) is 4.88. The number of nitrogens with one attached hydrogen (secondary N) is 3. The molecule has 0 amide bonds. The number of hydrogen-bond acceptors (Lipinski definition) is 6. The summed E-state index contributed by atoms with van der Waals surface area (Å²) in [6.07, 6.45) is 0.846. The molecule has 7 heteroatoms. The molecule has 1 aliphatic heterocycles. The van der Waals surface area contributed by atoms with Gasteiger partial charge < -0.3 is 9.88 Å².